The van der Waals surface area contributed by atoms with Crippen LogP contribution in [0.25, 0.3) is 0 Å². The van der Waals surface area contributed by atoms with Gasteiger partial charge in [0.25, 0.3) is 5.91 Å². The number of para-hydroxylation sites is 1. The smallest absolute Gasteiger partial charge is 0.257 e. The van der Waals surface area contributed by atoms with Crippen molar-refractivity contribution in [1.29, 1.82) is 0 Å². The van der Waals surface area contributed by atoms with E-state index in [1.807, 2.05) is 79.5 Å². The number of hydrogen-bond acceptors (Lipinski definition) is 4. The molecule has 0 spiro atoms. The van der Waals surface area contributed by atoms with Crippen molar-refractivity contribution in [2.75, 3.05) is 18.5 Å². The minimum atomic E-state index is -0.0646. The zero-order valence-corrected chi connectivity index (χ0v) is 15.0. The third kappa shape index (κ3) is 4.06. The van der Waals surface area contributed by atoms with Gasteiger partial charge in [-0.1, -0.05) is 48.5 Å². The second-order valence-corrected chi connectivity index (χ2v) is 5.97. The number of amides is 1. The van der Waals surface area contributed by atoms with Gasteiger partial charge in [0.05, 0.1) is 5.56 Å². The average molecular weight is 346 g/mol. The van der Waals surface area contributed by atoms with Crippen molar-refractivity contribution in [1.82, 2.24) is 14.9 Å². The lowest BCUT2D eigenvalue weighted by molar-refractivity contribution is 0.0751. The Morgan fingerprint density at radius 2 is 1.50 bits per heavy atom. The number of hydrogen-bond donors (Lipinski definition) is 0. The summed E-state index contributed by atoms with van der Waals surface area (Å²) in [6.45, 7) is 3.17. The Labute approximate surface area is 153 Å². The Hall–Kier alpha value is -3.21. The van der Waals surface area contributed by atoms with Crippen LogP contribution in [0.2, 0.25) is 0 Å². The third-order valence-electron chi connectivity index (χ3n) is 4.21. The zero-order valence-electron chi connectivity index (χ0n) is 15.0. The molecule has 0 radical (unpaired) electrons. The van der Waals surface area contributed by atoms with Gasteiger partial charge in [-0.25, -0.2) is 9.97 Å². The SMILES string of the molecule is CCN(Cc1ccccc1)C(=O)c1cnc(N(C)c2ccccc2)nc1. The lowest BCUT2D eigenvalue weighted by Gasteiger charge is -2.21. The summed E-state index contributed by atoms with van der Waals surface area (Å²) in [6.07, 6.45) is 3.19. The molecule has 0 aliphatic rings. The molecule has 0 saturated carbocycles. The molecule has 26 heavy (non-hydrogen) atoms. The van der Waals surface area contributed by atoms with Crippen LogP contribution < -0.4 is 4.90 Å². The highest BCUT2D eigenvalue weighted by Crippen LogP contribution is 2.19. The van der Waals surface area contributed by atoms with E-state index in [-0.39, 0.29) is 5.91 Å². The van der Waals surface area contributed by atoms with Gasteiger partial charge in [-0.2, -0.15) is 0 Å². The third-order valence-corrected chi connectivity index (χ3v) is 4.21. The lowest BCUT2D eigenvalue weighted by atomic mass is 10.2. The van der Waals surface area contributed by atoms with Crippen LogP contribution in [0.3, 0.4) is 0 Å². The Morgan fingerprint density at radius 1 is 0.923 bits per heavy atom. The van der Waals surface area contributed by atoms with Gasteiger partial charge in [0, 0.05) is 38.2 Å². The standard InChI is InChI=1S/C21H22N4O/c1-3-25(16-17-10-6-4-7-11-17)20(26)18-14-22-21(23-15-18)24(2)19-12-8-5-9-13-19/h4-15H,3,16H2,1-2H3. The molecule has 0 aliphatic heterocycles. The van der Waals surface area contributed by atoms with Crippen molar-refractivity contribution in [3.8, 4) is 0 Å². The average Bonchev–Trinajstić information content (AvgIpc) is 2.72. The van der Waals surface area contributed by atoms with Crippen molar-refractivity contribution in [3.63, 3.8) is 0 Å². The Morgan fingerprint density at radius 3 is 2.08 bits per heavy atom. The molecule has 0 bridgehead atoms. The van der Waals surface area contributed by atoms with Crippen molar-refractivity contribution in [3.05, 3.63) is 84.2 Å². The maximum absolute atomic E-state index is 12.8. The molecule has 0 unspecified atom stereocenters. The summed E-state index contributed by atoms with van der Waals surface area (Å²) in [5, 5.41) is 0. The monoisotopic (exact) mass is 346 g/mol. The van der Waals surface area contributed by atoms with Gasteiger partial charge in [-0.05, 0) is 24.6 Å². The summed E-state index contributed by atoms with van der Waals surface area (Å²) in [7, 11) is 1.90. The Balaban J connectivity index is 1.73. The molecular formula is C21H22N4O. The second kappa shape index (κ2) is 8.25. The van der Waals surface area contributed by atoms with Crippen LogP contribution in [0.5, 0.6) is 0 Å². The van der Waals surface area contributed by atoms with Gasteiger partial charge in [-0.3, -0.25) is 4.79 Å². The first-order valence-corrected chi connectivity index (χ1v) is 8.63. The minimum Gasteiger partial charge on any atom is -0.335 e. The van der Waals surface area contributed by atoms with Gasteiger partial charge in [0.15, 0.2) is 0 Å². The van der Waals surface area contributed by atoms with Gasteiger partial charge in [-0.15, -0.1) is 0 Å². The molecule has 1 amide bonds. The number of benzene rings is 2. The summed E-state index contributed by atoms with van der Waals surface area (Å²) < 4.78 is 0. The quantitative estimate of drug-likeness (QED) is 0.679. The van der Waals surface area contributed by atoms with Gasteiger partial charge in [0.1, 0.15) is 0 Å². The highest BCUT2D eigenvalue weighted by Gasteiger charge is 2.16. The lowest BCUT2D eigenvalue weighted by Crippen LogP contribution is -2.30. The first-order chi connectivity index (χ1) is 12.7. The molecular weight excluding hydrogens is 324 g/mol. The van der Waals surface area contributed by atoms with E-state index in [1.54, 1.807) is 17.3 Å². The van der Waals surface area contributed by atoms with Crippen LogP contribution in [0.1, 0.15) is 22.8 Å². The van der Waals surface area contributed by atoms with E-state index in [0.29, 0.717) is 24.6 Å². The molecule has 3 aromatic rings. The molecule has 2 aromatic carbocycles. The second-order valence-electron chi connectivity index (χ2n) is 5.97. The van der Waals surface area contributed by atoms with Crippen LogP contribution in [0.4, 0.5) is 11.6 Å². The van der Waals surface area contributed by atoms with Crippen LogP contribution in [-0.2, 0) is 6.54 Å². The van der Waals surface area contributed by atoms with E-state index in [9.17, 15) is 4.79 Å². The van der Waals surface area contributed by atoms with Gasteiger partial charge < -0.3 is 9.80 Å². The van der Waals surface area contributed by atoms with Gasteiger partial charge >= 0.3 is 0 Å². The summed E-state index contributed by atoms with van der Waals surface area (Å²) >= 11 is 0. The molecule has 1 heterocycles. The van der Waals surface area contributed by atoms with Crippen molar-refractivity contribution in [2.24, 2.45) is 0 Å². The molecule has 5 nitrogen and oxygen atoms in total. The minimum absolute atomic E-state index is 0.0646. The number of aromatic nitrogens is 2. The largest absolute Gasteiger partial charge is 0.335 e. The number of anilines is 2. The maximum atomic E-state index is 12.8. The van der Waals surface area contributed by atoms with Crippen molar-refractivity contribution < 1.29 is 4.79 Å². The maximum Gasteiger partial charge on any atom is 0.257 e. The van der Waals surface area contributed by atoms with E-state index in [1.165, 1.54) is 0 Å². The first kappa shape index (κ1) is 17.6. The molecule has 3 rings (SSSR count). The van der Waals surface area contributed by atoms with Crippen LogP contribution in [0, 0.1) is 0 Å². The molecule has 132 valence electrons. The van der Waals surface area contributed by atoms with Crippen LogP contribution >= 0.6 is 0 Å². The molecule has 0 saturated heterocycles. The first-order valence-electron chi connectivity index (χ1n) is 8.63. The van der Waals surface area contributed by atoms with E-state index >= 15 is 0 Å². The van der Waals surface area contributed by atoms with E-state index in [0.717, 1.165) is 11.3 Å². The summed E-state index contributed by atoms with van der Waals surface area (Å²) in [5.74, 6) is 0.490. The highest BCUT2D eigenvalue weighted by atomic mass is 16.2. The highest BCUT2D eigenvalue weighted by molar-refractivity contribution is 5.93. The van der Waals surface area contributed by atoms with E-state index in [2.05, 4.69) is 9.97 Å². The fourth-order valence-corrected chi connectivity index (χ4v) is 2.69. The Bertz CT molecular complexity index is 835. The fraction of sp³-hybridized carbons (Fsp3) is 0.190. The van der Waals surface area contributed by atoms with Crippen LogP contribution in [0.15, 0.2) is 73.1 Å². The van der Waals surface area contributed by atoms with Gasteiger partial charge in [0.2, 0.25) is 5.95 Å². The molecule has 0 fully saturated rings. The molecule has 0 aliphatic carbocycles. The number of carbonyl (C=O) groups is 1. The summed E-state index contributed by atoms with van der Waals surface area (Å²) in [4.78, 5) is 25.2. The van der Waals surface area contributed by atoms with Crippen molar-refractivity contribution in [2.45, 2.75) is 13.5 Å². The molecule has 0 atom stereocenters. The summed E-state index contributed by atoms with van der Waals surface area (Å²) in [6, 6.07) is 19.8. The topological polar surface area (TPSA) is 49.3 Å². The van der Waals surface area contributed by atoms with E-state index < -0.39 is 0 Å². The number of nitrogens with zero attached hydrogens (tertiary/aromatic N) is 4. The predicted octanol–water partition coefficient (Wildman–Crippen LogP) is 3.91. The normalized spacial score (nSPS) is 10.4. The van der Waals surface area contributed by atoms with E-state index in [4.69, 9.17) is 0 Å². The molecule has 0 N–H and O–H groups in total. The number of carbonyl (C=O) groups excluding carboxylic acids is 1. The Kier molecular flexibility index (Phi) is 5.59. The van der Waals surface area contributed by atoms with Crippen LogP contribution in [-0.4, -0.2) is 34.4 Å². The number of rotatable bonds is 6. The zero-order chi connectivity index (χ0) is 18.4. The molecule has 1 aromatic heterocycles. The molecule has 5 heteroatoms. The summed E-state index contributed by atoms with van der Waals surface area (Å²) in [5.41, 5.74) is 2.59. The predicted molar refractivity (Wildman–Crippen MR) is 103 cm³/mol. The fourth-order valence-electron chi connectivity index (χ4n) is 2.69. The van der Waals surface area contributed by atoms with Crippen molar-refractivity contribution >= 4 is 17.5 Å².